The molecular weight excluding hydrogens is 386 g/mol. The first-order valence-electron chi connectivity index (χ1n) is 9.92. The third-order valence-corrected chi connectivity index (χ3v) is 5.90. The Morgan fingerprint density at radius 2 is 1.59 bits per heavy atom. The molecule has 1 fully saturated rings. The van der Waals surface area contributed by atoms with Crippen molar-refractivity contribution in [1.29, 1.82) is 0 Å². The number of rotatable bonds is 8. The van der Waals surface area contributed by atoms with Crippen molar-refractivity contribution < 1.29 is 13.2 Å². The SMILES string of the molecule is CS(=O)(=O)Cc1cccc(C(=O)NCCN2CCN(Cc3ccccc3)CC2)c1. The van der Waals surface area contributed by atoms with Gasteiger partial charge in [-0.1, -0.05) is 42.5 Å². The number of piperazine rings is 1. The van der Waals surface area contributed by atoms with Crippen molar-refractivity contribution in [2.75, 3.05) is 45.5 Å². The van der Waals surface area contributed by atoms with Crippen LogP contribution in [0.1, 0.15) is 21.5 Å². The smallest absolute Gasteiger partial charge is 0.251 e. The molecule has 0 spiro atoms. The van der Waals surface area contributed by atoms with Crippen molar-refractivity contribution in [2.24, 2.45) is 0 Å². The molecule has 7 heteroatoms. The minimum atomic E-state index is -3.12. The molecule has 1 N–H and O–H groups in total. The zero-order valence-corrected chi connectivity index (χ0v) is 17.7. The maximum Gasteiger partial charge on any atom is 0.251 e. The summed E-state index contributed by atoms with van der Waals surface area (Å²) >= 11 is 0. The van der Waals surface area contributed by atoms with Crippen molar-refractivity contribution in [2.45, 2.75) is 12.3 Å². The summed E-state index contributed by atoms with van der Waals surface area (Å²) < 4.78 is 22.9. The summed E-state index contributed by atoms with van der Waals surface area (Å²) in [5.74, 6) is -0.218. The highest BCUT2D eigenvalue weighted by Crippen LogP contribution is 2.10. The summed E-state index contributed by atoms with van der Waals surface area (Å²) in [6.45, 7) is 6.41. The molecule has 0 bridgehead atoms. The van der Waals surface area contributed by atoms with E-state index in [-0.39, 0.29) is 11.7 Å². The standard InChI is InChI=1S/C22H29N3O3S/c1-29(27,28)18-20-8-5-9-21(16-20)22(26)23-10-11-24-12-14-25(15-13-24)17-19-6-3-2-4-7-19/h2-9,16H,10-15,17-18H2,1H3,(H,23,26). The third-order valence-electron chi connectivity index (χ3n) is 5.05. The van der Waals surface area contributed by atoms with Crippen LogP contribution in [0.4, 0.5) is 0 Å². The quantitative estimate of drug-likeness (QED) is 0.712. The van der Waals surface area contributed by atoms with E-state index in [2.05, 4.69) is 39.4 Å². The van der Waals surface area contributed by atoms with Crippen LogP contribution in [0.15, 0.2) is 54.6 Å². The summed E-state index contributed by atoms with van der Waals surface area (Å²) in [5.41, 5.74) is 2.47. The average molecular weight is 416 g/mol. The first-order valence-corrected chi connectivity index (χ1v) is 12.0. The Morgan fingerprint density at radius 3 is 2.28 bits per heavy atom. The van der Waals surface area contributed by atoms with E-state index in [4.69, 9.17) is 0 Å². The molecule has 1 aliphatic rings. The first-order chi connectivity index (χ1) is 13.9. The zero-order valence-electron chi connectivity index (χ0n) is 16.9. The van der Waals surface area contributed by atoms with E-state index in [0.717, 1.165) is 39.3 Å². The minimum Gasteiger partial charge on any atom is -0.351 e. The number of carbonyl (C=O) groups excluding carboxylic acids is 1. The molecule has 0 saturated carbocycles. The van der Waals surface area contributed by atoms with Crippen LogP contribution in [0.5, 0.6) is 0 Å². The van der Waals surface area contributed by atoms with Gasteiger partial charge in [0.15, 0.2) is 9.84 Å². The monoisotopic (exact) mass is 415 g/mol. The van der Waals surface area contributed by atoms with Gasteiger partial charge in [-0.15, -0.1) is 0 Å². The summed E-state index contributed by atoms with van der Waals surface area (Å²) in [6.07, 6.45) is 1.19. The summed E-state index contributed by atoms with van der Waals surface area (Å²) in [7, 11) is -3.12. The number of amides is 1. The molecule has 0 aliphatic carbocycles. The van der Waals surface area contributed by atoms with Gasteiger partial charge in [-0.2, -0.15) is 0 Å². The molecule has 1 heterocycles. The van der Waals surface area contributed by atoms with Crippen LogP contribution in [0.2, 0.25) is 0 Å². The van der Waals surface area contributed by atoms with Crippen molar-refractivity contribution in [3.8, 4) is 0 Å². The third kappa shape index (κ3) is 7.27. The molecule has 29 heavy (non-hydrogen) atoms. The van der Waals surface area contributed by atoms with Crippen molar-refractivity contribution in [1.82, 2.24) is 15.1 Å². The maximum atomic E-state index is 12.4. The lowest BCUT2D eigenvalue weighted by atomic mass is 10.1. The molecule has 0 radical (unpaired) electrons. The summed E-state index contributed by atoms with van der Waals surface area (Å²) in [6, 6.07) is 17.3. The molecule has 156 valence electrons. The van der Waals surface area contributed by atoms with E-state index in [1.807, 2.05) is 6.07 Å². The van der Waals surface area contributed by atoms with E-state index in [1.165, 1.54) is 11.8 Å². The number of carbonyl (C=O) groups is 1. The van der Waals surface area contributed by atoms with Crippen molar-refractivity contribution >= 4 is 15.7 Å². The first kappa shape index (κ1) is 21.5. The second-order valence-electron chi connectivity index (χ2n) is 7.63. The molecule has 0 aromatic heterocycles. The van der Waals surface area contributed by atoms with Gasteiger partial charge >= 0.3 is 0 Å². The number of hydrogen-bond donors (Lipinski definition) is 1. The summed E-state index contributed by atoms with van der Waals surface area (Å²) in [4.78, 5) is 17.2. The Labute approximate surface area is 173 Å². The van der Waals surface area contributed by atoms with Gasteiger partial charge in [0.25, 0.3) is 5.91 Å². The Bertz CT molecular complexity index is 908. The molecule has 2 aromatic carbocycles. The lowest BCUT2D eigenvalue weighted by molar-refractivity contribution is 0.0934. The molecule has 3 rings (SSSR count). The van der Waals surface area contributed by atoms with Gasteiger partial charge in [0, 0.05) is 57.6 Å². The number of benzene rings is 2. The number of nitrogens with zero attached hydrogens (tertiary/aromatic N) is 2. The van der Waals surface area contributed by atoms with E-state index in [1.54, 1.807) is 24.3 Å². The summed E-state index contributed by atoms with van der Waals surface area (Å²) in [5, 5.41) is 2.94. The molecule has 1 amide bonds. The van der Waals surface area contributed by atoms with E-state index in [9.17, 15) is 13.2 Å². The maximum absolute atomic E-state index is 12.4. The predicted molar refractivity (Wildman–Crippen MR) is 115 cm³/mol. The molecule has 2 aromatic rings. The van der Waals surface area contributed by atoms with Gasteiger partial charge in [0.1, 0.15) is 0 Å². The van der Waals surface area contributed by atoms with Gasteiger partial charge in [-0.3, -0.25) is 14.6 Å². The Hall–Kier alpha value is -2.22. The molecule has 6 nitrogen and oxygen atoms in total. The van der Waals surface area contributed by atoms with Gasteiger partial charge in [0.05, 0.1) is 5.75 Å². The molecule has 1 aliphatic heterocycles. The fourth-order valence-corrected chi connectivity index (χ4v) is 4.33. The van der Waals surface area contributed by atoms with E-state index in [0.29, 0.717) is 17.7 Å². The fourth-order valence-electron chi connectivity index (χ4n) is 3.55. The van der Waals surface area contributed by atoms with Crippen LogP contribution in [0, 0.1) is 0 Å². The van der Waals surface area contributed by atoms with Crippen LogP contribution in [0.25, 0.3) is 0 Å². The van der Waals surface area contributed by atoms with Gasteiger partial charge < -0.3 is 5.32 Å². The van der Waals surface area contributed by atoms with Crippen molar-refractivity contribution in [3.05, 3.63) is 71.3 Å². The second kappa shape index (κ2) is 10.0. The highest BCUT2D eigenvalue weighted by Gasteiger charge is 2.17. The number of nitrogens with one attached hydrogen (secondary N) is 1. The van der Waals surface area contributed by atoms with Gasteiger partial charge in [0.2, 0.25) is 0 Å². The zero-order chi connectivity index (χ0) is 20.7. The topological polar surface area (TPSA) is 69.7 Å². The van der Waals surface area contributed by atoms with Crippen LogP contribution < -0.4 is 5.32 Å². The van der Waals surface area contributed by atoms with Gasteiger partial charge in [-0.25, -0.2) is 8.42 Å². The Morgan fingerprint density at radius 1 is 0.931 bits per heavy atom. The number of hydrogen-bond acceptors (Lipinski definition) is 5. The number of sulfone groups is 1. The molecule has 0 atom stereocenters. The highest BCUT2D eigenvalue weighted by atomic mass is 32.2. The average Bonchev–Trinajstić information content (AvgIpc) is 2.69. The molecule has 1 saturated heterocycles. The van der Waals surface area contributed by atoms with Crippen LogP contribution >= 0.6 is 0 Å². The van der Waals surface area contributed by atoms with Crippen molar-refractivity contribution in [3.63, 3.8) is 0 Å². The molecular formula is C22H29N3O3S. The van der Waals surface area contributed by atoms with E-state index < -0.39 is 9.84 Å². The second-order valence-corrected chi connectivity index (χ2v) is 9.77. The Kier molecular flexibility index (Phi) is 7.41. The van der Waals surface area contributed by atoms with Crippen LogP contribution in [-0.4, -0.2) is 69.6 Å². The van der Waals surface area contributed by atoms with Crippen LogP contribution in [-0.2, 0) is 22.1 Å². The van der Waals surface area contributed by atoms with Crippen LogP contribution in [0.3, 0.4) is 0 Å². The molecule has 0 unspecified atom stereocenters. The predicted octanol–water partition coefficient (Wildman–Crippen LogP) is 1.78. The lowest BCUT2D eigenvalue weighted by Crippen LogP contribution is -2.48. The minimum absolute atomic E-state index is 0.0542. The largest absolute Gasteiger partial charge is 0.351 e. The normalized spacial score (nSPS) is 15.9. The highest BCUT2D eigenvalue weighted by molar-refractivity contribution is 7.89. The fraction of sp³-hybridized carbons (Fsp3) is 0.409. The lowest BCUT2D eigenvalue weighted by Gasteiger charge is -2.34. The van der Waals surface area contributed by atoms with Gasteiger partial charge in [-0.05, 0) is 23.3 Å². The Balaban J connectivity index is 1.39. The van der Waals surface area contributed by atoms with E-state index >= 15 is 0 Å².